The first-order chi connectivity index (χ1) is 9.63. The summed E-state index contributed by atoms with van der Waals surface area (Å²) in [6, 6.07) is 6.02. The molecule has 2 aromatic rings. The average Bonchev–Trinajstić information content (AvgIpc) is 2.39. The molecule has 0 atom stereocenters. The molecule has 0 fully saturated rings. The molecule has 0 saturated heterocycles. The summed E-state index contributed by atoms with van der Waals surface area (Å²) in [6.07, 6.45) is 2.68. The molecule has 0 unspecified atom stereocenters. The summed E-state index contributed by atoms with van der Waals surface area (Å²) >= 11 is 0. The minimum absolute atomic E-state index is 0.0756. The molecule has 0 spiro atoms. The van der Waals surface area contributed by atoms with Crippen LogP contribution in [0.4, 0.5) is 16.4 Å². The van der Waals surface area contributed by atoms with Crippen molar-refractivity contribution in [2.45, 2.75) is 6.42 Å². The highest BCUT2D eigenvalue weighted by Gasteiger charge is 2.06. The van der Waals surface area contributed by atoms with Gasteiger partial charge in [-0.2, -0.15) is 5.10 Å². The zero-order valence-electron chi connectivity index (χ0n) is 10.3. The number of hydrogen-bond donors (Lipinski definition) is 3. The highest BCUT2D eigenvalue weighted by Crippen LogP contribution is 2.11. The van der Waals surface area contributed by atoms with Crippen molar-refractivity contribution in [3.8, 4) is 0 Å². The van der Waals surface area contributed by atoms with Gasteiger partial charge in [0.15, 0.2) is 0 Å². The summed E-state index contributed by atoms with van der Waals surface area (Å²) in [5.41, 5.74) is 1.07. The Labute approximate surface area is 113 Å². The first-order valence-corrected chi connectivity index (χ1v) is 5.66. The molecule has 0 aliphatic rings. The summed E-state index contributed by atoms with van der Waals surface area (Å²) < 4.78 is 0. The van der Waals surface area contributed by atoms with Crippen molar-refractivity contribution in [3.05, 3.63) is 42.2 Å². The predicted octanol–water partition coefficient (Wildman–Crippen LogP) is 1.14. The van der Waals surface area contributed by atoms with Crippen LogP contribution >= 0.6 is 0 Å². The Hall–Kier alpha value is -3.03. The van der Waals surface area contributed by atoms with Crippen LogP contribution in [-0.4, -0.2) is 32.3 Å². The number of rotatable bonds is 4. The third-order valence-electron chi connectivity index (χ3n) is 2.25. The highest BCUT2D eigenvalue weighted by molar-refractivity contribution is 5.98. The quantitative estimate of drug-likeness (QED) is 0.769. The summed E-state index contributed by atoms with van der Waals surface area (Å²) in [7, 11) is 0. The Morgan fingerprint density at radius 1 is 1.20 bits per heavy atom. The monoisotopic (exact) mass is 273 g/mol. The fourth-order valence-corrected chi connectivity index (χ4v) is 1.50. The molecule has 8 heteroatoms. The molecule has 0 aliphatic heterocycles. The highest BCUT2D eigenvalue weighted by atomic mass is 16.4. The van der Waals surface area contributed by atoms with Gasteiger partial charge in [0.25, 0.3) is 5.95 Å². The van der Waals surface area contributed by atoms with E-state index in [1.807, 2.05) is 0 Å². The van der Waals surface area contributed by atoms with Crippen LogP contribution in [-0.2, 0) is 11.2 Å². The zero-order valence-corrected chi connectivity index (χ0v) is 10.3. The van der Waals surface area contributed by atoms with Gasteiger partial charge < -0.3 is 10.4 Å². The van der Waals surface area contributed by atoms with E-state index in [0.29, 0.717) is 11.3 Å². The van der Waals surface area contributed by atoms with Crippen molar-refractivity contribution in [1.29, 1.82) is 0 Å². The number of nitrogens with one attached hydrogen (secondary N) is 2. The van der Waals surface area contributed by atoms with Gasteiger partial charge in [0.05, 0.1) is 18.8 Å². The minimum Gasteiger partial charge on any atom is -0.481 e. The second-order valence-electron chi connectivity index (χ2n) is 3.82. The normalized spacial score (nSPS) is 9.80. The van der Waals surface area contributed by atoms with E-state index >= 15 is 0 Å². The van der Waals surface area contributed by atoms with Gasteiger partial charge in [-0.1, -0.05) is 12.1 Å². The Morgan fingerprint density at radius 3 is 2.75 bits per heavy atom. The lowest BCUT2D eigenvalue weighted by Crippen LogP contribution is -2.21. The number of carbonyl (C=O) groups excluding carboxylic acids is 1. The van der Waals surface area contributed by atoms with Gasteiger partial charge in [-0.15, -0.1) is 5.10 Å². The van der Waals surface area contributed by atoms with Crippen molar-refractivity contribution in [2.75, 3.05) is 10.6 Å². The van der Waals surface area contributed by atoms with Gasteiger partial charge >= 0.3 is 12.0 Å². The molecule has 102 valence electrons. The van der Waals surface area contributed by atoms with Gasteiger partial charge in [0.2, 0.25) is 0 Å². The number of benzene rings is 1. The molecular formula is C12H11N5O3. The molecule has 1 heterocycles. The van der Waals surface area contributed by atoms with Gasteiger partial charge in [-0.3, -0.25) is 10.1 Å². The molecule has 0 saturated carbocycles. The number of carboxylic acid groups (broad SMARTS) is 1. The van der Waals surface area contributed by atoms with Gasteiger partial charge in [-0.25, -0.2) is 9.78 Å². The van der Waals surface area contributed by atoms with E-state index in [4.69, 9.17) is 5.11 Å². The molecule has 2 rings (SSSR count). The number of nitrogens with zero attached hydrogens (tertiary/aromatic N) is 3. The number of hydrogen-bond acceptors (Lipinski definition) is 5. The molecule has 20 heavy (non-hydrogen) atoms. The van der Waals surface area contributed by atoms with Crippen LogP contribution in [0.5, 0.6) is 0 Å². The Morgan fingerprint density at radius 2 is 2.05 bits per heavy atom. The molecule has 0 aliphatic carbocycles. The molecule has 3 N–H and O–H groups in total. The predicted molar refractivity (Wildman–Crippen MR) is 70.3 cm³/mol. The lowest BCUT2D eigenvalue weighted by atomic mass is 10.1. The number of aliphatic carboxylic acids is 1. The van der Waals surface area contributed by atoms with Crippen molar-refractivity contribution in [2.24, 2.45) is 0 Å². The van der Waals surface area contributed by atoms with Crippen LogP contribution in [0, 0.1) is 0 Å². The number of urea groups is 1. The van der Waals surface area contributed by atoms with Crippen molar-refractivity contribution >= 4 is 23.6 Å². The zero-order chi connectivity index (χ0) is 14.4. The molecular weight excluding hydrogens is 262 g/mol. The van der Waals surface area contributed by atoms with Crippen LogP contribution in [0.1, 0.15) is 5.56 Å². The maximum atomic E-state index is 11.7. The fourth-order valence-electron chi connectivity index (χ4n) is 1.50. The number of anilines is 2. The van der Waals surface area contributed by atoms with Gasteiger partial charge in [0.1, 0.15) is 0 Å². The van der Waals surface area contributed by atoms with E-state index in [-0.39, 0.29) is 12.4 Å². The van der Waals surface area contributed by atoms with E-state index in [1.54, 1.807) is 24.3 Å². The number of amides is 2. The molecule has 1 aromatic heterocycles. The summed E-state index contributed by atoms with van der Waals surface area (Å²) in [5, 5.41) is 20.8. The smallest absolute Gasteiger partial charge is 0.326 e. The third kappa shape index (κ3) is 4.02. The number of carbonyl (C=O) groups is 2. The third-order valence-corrected chi connectivity index (χ3v) is 2.25. The number of aromatic nitrogens is 3. The second kappa shape index (κ2) is 6.23. The van der Waals surface area contributed by atoms with Crippen LogP contribution in [0.25, 0.3) is 0 Å². The van der Waals surface area contributed by atoms with Gasteiger partial charge in [-0.05, 0) is 17.7 Å². The largest absolute Gasteiger partial charge is 0.481 e. The lowest BCUT2D eigenvalue weighted by Gasteiger charge is -2.07. The van der Waals surface area contributed by atoms with E-state index in [2.05, 4.69) is 25.8 Å². The molecule has 2 amide bonds. The second-order valence-corrected chi connectivity index (χ2v) is 3.82. The van der Waals surface area contributed by atoms with Crippen LogP contribution in [0.15, 0.2) is 36.7 Å². The molecule has 1 aromatic carbocycles. The van der Waals surface area contributed by atoms with Crippen LogP contribution < -0.4 is 10.6 Å². The molecule has 0 radical (unpaired) electrons. The Balaban J connectivity index is 1.99. The number of carboxylic acids is 1. The topological polar surface area (TPSA) is 117 Å². The minimum atomic E-state index is -0.935. The Kier molecular flexibility index (Phi) is 4.17. The van der Waals surface area contributed by atoms with Crippen LogP contribution in [0.2, 0.25) is 0 Å². The summed E-state index contributed by atoms with van der Waals surface area (Å²) in [4.78, 5) is 26.1. The first kappa shape index (κ1) is 13.4. The summed E-state index contributed by atoms with van der Waals surface area (Å²) in [5.74, 6) is -0.859. The standard InChI is InChI=1S/C12H11N5O3/c18-10(19)7-8-2-1-3-9(6-8)15-12(20)16-11-13-4-5-14-17-11/h1-6H,7H2,(H,18,19)(H2,13,15,16,17,20). The van der Waals surface area contributed by atoms with E-state index < -0.39 is 12.0 Å². The Bertz CT molecular complexity index is 617. The van der Waals surface area contributed by atoms with E-state index in [1.165, 1.54) is 12.4 Å². The lowest BCUT2D eigenvalue weighted by molar-refractivity contribution is -0.136. The van der Waals surface area contributed by atoms with E-state index in [9.17, 15) is 9.59 Å². The maximum absolute atomic E-state index is 11.7. The summed E-state index contributed by atoms with van der Waals surface area (Å²) in [6.45, 7) is 0. The first-order valence-electron chi connectivity index (χ1n) is 5.66. The van der Waals surface area contributed by atoms with Crippen molar-refractivity contribution < 1.29 is 14.7 Å². The van der Waals surface area contributed by atoms with Crippen molar-refractivity contribution in [1.82, 2.24) is 15.2 Å². The average molecular weight is 273 g/mol. The van der Waals surface area contributed by atoms with E-state index in [0.717, 1.165) is 0 Å². The molecule has 8 nitrogen and oxygen atoms in total. The van der Waals surface area contributed by atoms with Crippen LogP contribution in [0.3, 0.4) is 0 Å². The fraction of sp³-hybridized carbons (Fsp3) is 0.0833. The van der Waals surface area contributed by atoms with Crippen molar-refractivity contribution in [3.63, 3.8) is 0 Å². The maximum Gasteiger partial charge on any atom is 0.326 e. The van der Waals surface area contributed by atoms with Gasteiger partial charge in [0, 0.05) is 5.69 Å². The molecule has 0 bridgehead atoms. The SMILES string of the molecule is O=C(O)Cc1cccc(NC(=O)Nc2nccnn2)c1.